The van der Waals surface area contributed by atoms with E-state index >= 15 is 0 Å². The topological polar surface area (TPSA) is 52.0 Å². The molecule has 1 saturated carbocycles. The molecule has 72 valence electrons. The van der Waals surface area contributed by atoms with E-state index in [1.807, 2.05) is 0 Å². The lowest BCUT2D eigenvalue weighted by Gasteiger charge is -2.22. The Hall–Kier alpha value is -0.0800. The fraction of sp³-hybridized carbons (Fsp3) is 1.00. The average molecular weight is 170 g/mol. The van der Waals surface area contributed by atoms with E-state index in [9.17, 15) is 0 Å². The van der Waals surface area contributed by atoms with Crippen molar-refractivity contribution in [2.45, 2.75) is 51.0 Å². The first-order chi connectivity index (χ1) is 5.83. The molecule has 0 bridgehead atoms. The van der Waals surface area contributed by atoms with Crippen molar-refractivity contribution in [3.05, 3.63) is 0 Å². The van der Waals surface area contributed by atoms with Crippen LogP contribution in [-0.4, -0.2) is 12.6 Å². The summed E-state index contributed by atoms with van der Waals surface area (Å²) in [4.78, 5) is 0. The van der Waals surface area contributed by atoms with Gasteiger partial charge in [0.1, 0.15) is 0 Å². The van der Waals surface area contributed by atoms with Gasteiger partial charge in [0.05, 0.1) is 0 Å². The summed E-state index contributed by atoms with van der Waals surface area (Å²) in [6, 6.07) is 0.243. The molecule has 1 atom stereocenters. The summed E-state index contributed by atoms with van der Waals surface area (Å²) in [5.41, 5.74) is 11.2. The van der Waals surface area contributed by atoms with Crippen LogP contribution in [0.4, 0.5) is 0 Å². The molecule has 12 heavy (non-hydrogen) atoms. The van der Waals surface area contributed by atoms with Gasteiger partial charge in [-0.05, 0) is 18.8 Å². The second-order valence-corrected chi connectivity index (χ2v) is 4.08. The van der Waals surface area contributed by atoms with Crippen LogP contribution < -0.4 is 11.5 Å². The zero-order chi connectivity index (χ0) is 8.81. The van der Waals surface area contributed by atoms with Gasteiger partial charge in [-0.25, -0.2) is 0 Å². The number of nitrogens with two attached hydrogens (primary N) is 2. The normalized spacial score (nSPS) is 22.5. The maximum Gasteiger partial charge on any atom is 0.0163 e. The molecule has 0 saturated heterocycles. The van der Waals surface area contributed by atoms with Gasteiger partial charge < -0.3 is 11.5 Å². The molecule has 0 aromatic heterocycles. The molecule has 0 radical (unpaired) electrons. The fourth-order valence-electron chi connectivity index (χ4n) is 2.04. The minimum absolute atomic E-state index is 0.243. The van der Waals surface area contributed by atoms with Crippen LogP contribution in [0.3, 0.4) is 0 Å². The summed E-state index contributed by atoms with van der Waals surface area (Å²) < 4.78 is 0. The molecular weight excluding hydrogens is 148 g/mol. The first-order valence-corrected chi connectivity index (χ1v) is 5.28. The zero-order valence-corrected chi connectivity index (χ0v) is 7.97. The molecule has 0 aromatic rings. The van der Waals surface area contributed by atoms with Crippen molar-refractivity contribution in [3.63, 3.8) is 0 Å². The molecule has 1 unspecified atom stereocenters. The number of hydrogen-bond acceptors (Lipinski definition) is 2. The maximum absolute atomic E-state index is 5.77. The summed E-state index contributed by atoms with van der Waals surface area (Å²) in [6.07, 6.45) is 9.60. The Morgan fingerprint density at radius 3 is 2.42 bits per heavy atom. The van der Waals surface area contributed by atoms with Gasteiger partial charge >= 0.3 is 0 Å². The van der Waals surface area contributed by atoms with Crippen LogP contribution in [0.5, 0.6) is 0 Å². The smallest absolute Gasteiger partial charge is 0.0163 e. The third-order valence-corrected chi connectivity index (χ3v) is 2.97. The monoisotopic (exact) mass is 170 g/mol. The Morgan fingerprint density at radius 2 is 1.83 bits per heavy atom. The first kappa shape index (κ1) is 10.0. The Balaban J connectivity index is 2.05. The molecule has 2 heteroatoms. The van der Waals surface area contributed by atoms with Crippen LogP contribution in [0.15, 0.2) is 0 Å². The maximum atomic E-state index is 5.77. The van der Waals surface area contributed by atoms with Crippen molar-refractivity contribution >= 4 is 0 Å². The first-order valence-electron chi connectivity index (χ1n) is 5.28. The number of hydrogen-bond donors (Lipinski definition) is 2. The van der Waals surface area contributed by atoms with Gasteiger partial charge in [0.2, 0.25) is 0 Å². The lowest BCUT2D eigenvalue weighted by atomic mass is 9.85. The Bertz CT molecular complexity index is 108. The van der Waals surface area contributed by atoms with Gasteiger partial charge in [-0.3, -0.25) is 0 Å². The van der Waals surface area contributed by atoms with Crippen molar-refractivity contribution in [2.75, 3.05) is 6.54 Å². The highest BCUT2D eigenvalue weighted by atomic mass is 14.7. The van der Waals surface area contributed by atoms with Crippen LogP contribution in [0, 0.1) is 5.92 Å². The van der Waals surface area contributed by atoms with Crippen molar-refractivity contribution in [2.24, 2.45) is 17.4 Å². The molecule has 1 aliphatic rings. The Kier molecular flexibility index (Phi) is 4.62. The molecule has 1 aliphatic carbocycles. The van der Waals surface area contributed by atoms with E-state index in [-0.39, 0.29) is 6.04 Å². The zero-order valence-electron chi connectivity index (χ0n) is 7.97. The van der Waals surface area contributed by atoms with E-state index in [1.165, 1.54) is 38.5 Å². The third kappa shape index (κ3) is 3.55. The quantitative estimate of drug-likeness (QED) is 0.674. The molecule has 4 N–H and O–H groups in total. The molecule has 1 fully saturated rings. The van der Waals surface area contributed by atoms with Gasteiger partial charge in [0.15, 0.2) is 0 Å². The molecule has 0 heterocycles. The second-order valence-electron chi connectivity index (χ2n) is 4.08. The Morgan fingerprint density at radius 1 is 1.17 bits per heavy atom. The summed E-state index contributed by atoms with van der Waals surface area (Å²) in [6.45, 7) is 0.646. The van der Waals surface area contributed by atoms with Gasteiger partial charge in [-0.15, -0.1) is 0 Å². The van der Waals surface area contributed by atoms with Crippen LogP contribution in [0.2, 0.25) is 0 Å². The van der Waals surface area contributed by atoms with E-state index in [2.05, 4.69) is 0 Å². The highest BCUT2D eigenvalue weighted by Gasteiger charge is 2.13. The van der Waals surface area contributed by atoms with Crippen molar-refractivity contribution in [1.29, 1.82) is 0 Å². The molecule has 0 aliphatic heterocycles. The highest BCUT2D eigenvalue weighted by Crippen LogP contribution is 2.27. The van der Waals surface area contributed by atoms with Crippen molar-refractivity contribution < 1.29 is 0 Å². The predicted molar refractivity (Wildman–Crippen MR) is 52.8 cm³/mol. The minimum Gasteiger partial charge on any atom is -0.329 e. The molecule has 1 rings (SSSR count). The van der Waals surface area contributed by atoms with Crippen LogP contribution in [-0.2, 0) is 0 Å². The third-order valence-electron chi connectivity index (χ3n) is 2.97. The second kappa shape index (κ2) is 5.55. The van der Waals surface area contributed by atoms with E-state index in [0.717, 1.165) is 12.3 Å². The standard InChI is InChI=1S/C10H22N2/c11-8-10(12)7-6-9-4-2-1-3-5-9/h9-10H,1-8,11-12H2. The van der Waals surface area contributed by atoms with E-state index in [1.54, 1.807) is 0 Å². The van der Waals surface area contributed by atoms with Crippen LogP contribution >= 0.6 is 0 Å². The predicted octanol–water partition coefficient (Wildman–Crippen LogP) is 1.63. The van der Waals surface area contributed by atoms with Gasteiger partial charge in [-0.2, -0.15) is 0 Å². The highest BCUT2D eigenvalue weighted by molar-refractivity contribution is 4.69. The molecular formula is C10H22N2. The summed E-state index contributed by atoms with van der Waals surface area (Å²) in [5, 5.41) is 0. The van der Waals surface area contributed by atoms with Crippen LogP contribution in [0.25, 0.3) is 0 Å². The van der Waals surface area contributed by atoms with E-state index in [0.29, 0.717) is 6.54 Å². The molecule has 0 aromatic carbocycles. The van der Waals surface area contributed by atoms with E-state index < -0.39 is 0 Å². The molecule has 2 nitrogen and oxygen atoms in total. The summed E-state index contributed by atoms with van der Waals surface area (Å²) >= 11 is 0. The molecule has 0 spiro atoms. The van der Waals surface area contributed by atoms with E-state index in [4.69, 9.17) is 11.5 Å². The summed E-state index contributed by atoms with van der Waals surface area (Å²) in [5.74, 6) is 0.955. The van der Waals surface area contributed by atoms with Crippen molar-refractivity contribution in [1.82, 2.24) is 0 Å². The van der Waals surface area contributed by atoms with Crippen LogP contribution in [0.1, 0.15) is 44.9 Å². The average Bonchev–Trinajstić information content (AvgIpc) is 2.16. The van der Waals surface area contributed by atoms with Gasteiger partial charge in [-0.1, -0.05) is 32.1 Å². The summed E-state index contributed by atoms with van der Waals surface area (Å²) in [7, 11) is 0. The lowest BCUT2D eigenvalue weighted by Crippen LogP contribution is -2.30. The fourth-order valence-corrected chi connectivity index (χ4v) is 2.04. The van der Waals surface area contributed by atoms with Gasteiger partial charge in [0.25, 0.3) is 0 Å². The SMILES string of the molecule is NCC(N)CCC1CCCCC1. The lowest BCUT2D eigenvalue weighted by molar-refractivity contribution is 0.324. The largest absolute Gasteiger partial charge is 0.329 e. The number of rotatable bonds is 4. The minimum atomic E-state index is 0.243. The molecule has 0 amide bonds. The van der Waals surface area contributed by atoms with Gasteiger partial charge in [0, 0.05) is 12.6 Å². The van der Waals surface area contributed by atoms with Crippen molar-refractivity contribution in [3.8, 4) is 0 Å². The Labute approximate surface area is 75.7 Å².